The highest BCUT2D eigenvalue weighted by molar-refractivity contribution is 7.80. The third kappa shape index (κ3) is 3.90. The molecule has 0 aliphatic carbocycles. The fourth-order valence-corrected chi connectivity index (χ4v) is 2.26. The van der Waals surface area contributed by atoms with Crippen molar-refractivity contribution >= 4 is 30.3 Å². The Balaban J connectivity index is 1.92. The van der Waals surface area contributed by atoms with Crippen LogP contribution in [0.25, 0.3) is 0 Å². The predicted octanol–water partition coefficient (Wildman–Crippen LogP) is 1.54. The molecule has 1 heterocycles. The van der Waals surface area contributed by atoms with E-state index in [9.17, 15) is 9.59 Å². The summed E-state index contributed by atoms with van der Waals surface area (Å²) in [7, 11) is 0. The Labute approximate surface area is 124 Å². The second kappa shape index (κ2) is 7.19. The number of hydrogen-bond acceptors (Lipinski definition) is 3. The van der Waals surface area contributed by atoms with Crippen molar-refractivity contribution < 1.29 is 9.59 Å². The molecule has 1 saturated heterocycles. The maximum atomic E-state index is 11.7. The molecule has 5 nitrogen and oxygen atoms in total. The highest BCUT2D eigenvalue weighted by atomic mass is 32.1. The van der Waals surface area contributed by atoms with E-state index in [2.05, 4.69) is 23.3 Å². The number of urea groups is 1. The Hall–Kier alpha value is -1.69. The minimum Gasteiger partial charge on any atom is -0.352 e. The molecule has 2 N–H and O–H groups in total. The van der Waals surface area contributed by atoms with Gasteiger partial charge in [0.1, 0.15) is 0 Å². The maximum absolute atomic E-state index is 11.7. The highest BCUT2D eigenvalue weighted by Gasteiger charge is 2.18. The normalized spacial score (nSPS) is 14.8. The van der Waals surface area contributed by atoms with Crippen LogP contribution in [-0.2, 0) is 11.3 Å². The summed E-state index contributed by atoms with van der Waals surface area (Å²) < 4.78 is 0. The Morgan fingerprint density at radius 3 is 2.75 bits per heavy atom. The Morgan fingerprint density at radius 1 is 1.35 bits per heavy atom. The molecule has 6 heteroatoms. The average Bonchev–Trinajstić information content (AvgIpc) is 2.47. The van der Waals surface area contributed by atoms with Crippen LogP contribution < -0.4 is 15.5 Å². The largest absolute Gasteiger partial charge is 0.352 e. The number of rotatable bonds is 5. The van der Waals surface area contributed by atoms with Crippen LogP contribution in [0.1, 0.15) is 18.4 Å². The molecule has 2 rings (SSSR count). The van der Waals surface area contributed by atoms with Gasteiger partial charge in [0.15, 0.2) is 0 Å². The first-order valence-electron chi connectivity index (χ1n) is 6.72. The number of amides is 3. The molecule has 1 aromatic carbocycles. The molecular formula is C14H19N3O2S. The van der Waals surface area contributed by atoms with E-state index in [0.29, 0.717) is 18.7 Å². The summed E-state index contributed by atoms with van der Waals surface area (Å²) in [6.07, 6.45) is 1.38. The molecule has 1 fully saturated rings. The van der Waals surface area contributed by atoms with Crippen LogP contribution in [0.2, 0.25) is 0 Å². The zero-order chi connectivity index (χ0) is 14.4. The van der Waals surface area contributed by atoms with Crippen molar-refractivity contribution in [1.82, 2.24) is 10.6 Å². The predicted molar refractivity (Wildman–Crippen MR) is 82.1 cm³/mol. The molecule has 0 radical (unpaired) electrons. The molecule has 108 valence electrons. The van der Waals surface area contributed by atoms with Gasteiger partial charge < -0.3 is 10.6 Å². The molecular weight excluding hydrogens is 274 g/mol. The van der Waals surface area contributed by atoms with Gasteiger partial charge in [-0.05, 0) is 29.9 Å². The zero-order valence-electron chi connectivity index (χ0n) is 11.3. The van der Waals surface area contributed by atoms with E-state index < -0.39 is 0 Å². The second-order valence-electron chi connectivity index (χ2n) is 4.65. The average molecular weight is 293 g/mol. The van der Waals surface area contributed by atoms with Gasteiger partial charge in [0.2, 0.25) is 5.91 Å². The Kier molecular flexibility index (Phi) is 5.29. The van der Waals surface area contributed by atoms with Crippen LogP contribution in [-0.4, -0.2) is 30.8 Å². The SMILES string of the molecule is O=C(CCS)NCc1ccc(N2CCCNC2=O)cc1. The molecule has 20 heavy (non-hydrogen) atoms. The van der Waals surface area contributed by atoms with Gasteiger partial charge in [-0.1, -0.05) is 12.1 Å². The molecule has 3 amide bonds. The lowest BCUT2D eigenvalue weighted by Crippen LogP contribution is -2.46. The highest BCUT2D eigenvalue weighted by Crippen LogP contribution is 2.17. The van der Waals surface area contributed by atoms with E-state index in [1.54, 1.807) is 4.90 Å². The molecule has 1 aliphatic rings. The van der Waals surface area contributed by atoms with Crippen molar-refractivity contribution in [2.75, 3.05) is 23.7 Å². The molecule has 0 atom stereocenters. The summed E-state index contributed by atoms with van der Waals surface area (Å²) in [6.45, 7) is 1.98. The molecule has 1 aromatic rings. The van der Waals surface area contributed by atoms with E-state index in [1.807, 2.05) is 24.3 Å². The van der Waals surface area contributed by atoms with Crippen molar-refractivity contribution in [3.63, 3.8) is 0 Å². The van der Waals surface area contributed by atoms with Gasteiger partial charge in [0, 0.05) is 31.7 Å². The summed E-state index contributed by atoms with van der Waals surface area (Å²) in [5.74, 6) is 0.550. The summed E-state index contributed by atoms with van der Waals surface area (Å²) in [6, 6.07) is 7.62. The standard InChI is InChI=1S/C14H19N3O2S/c18-13(6-9-20)16-10-11-2-4-12(5-3-11)17-8-1-7-15-14(17)19/h2-5,20H,1,6-10H2,(H,15,19)(H,16,18). The first-order valence-corrected chi connectivity index (χ1v) is 7.36. The van der Waals surface area contributed by atoms with Crippen molar-refractivity contribution in [2.24, 2.45) is 0 Å². The second-order valence-corrected chi connectivity index (χ2v) is 5.10. The van der Waals surface area contributed by atoms with Crippen LogP contribution in [0.4, 0.5) is 10.5 Å². The first kappa shape index (κ1) is 14.7. The number of carbonyl (C=O) groups excluding carboxylic acids is 2. The quantitative estimate of drug-likeness (QED) is 0.721. The van der Waals surface area contributed by atoms with Gasteiger partial charge in [-0.3, -0.25) is 9.69 Å². The smallest absolute Gasteiger partial charge is 0.321 e. The summed E-state index contributed by atoms with van der Waals surface area (Å²) in [5.41, 5.74) is 1.89. The van der Waals surface area contributed by atoms with Crippen LogP contribution in [0.5, 0.6) is 0 Å². The Bertz CT molecular complexity index is 476. The van der Waals surface area contributed by atoms with E-state index in [4.69, 9.17) is 0 Å². The van der Waals surface area contributed by atoms with Crippen molar-refractivity contribution in [3.8, 4) is 0 Å². The van der Waals surface area contributed by atoms with Gasteiger partial charge in [0.05, 0.1) is 0 Å². The topological polar surface area (TPSA) is 61.4 Å². The lowest BCUT2D eigenvalue weighted by atomic mass is 10.2. The number of nitrogens with zero attached hydrogens (tertiary/aromatic N) is 1. The van der Waals surface area contributed by atoms with E-state index >= 15 is 0 Å². The van der Waals surface area contributed by atoms with Gasteiger partial charge in [0.25, 0.3) is 0 Å². The van der Waals surface area contributed by atoms with Crippen LogP contribution in [0, 0.1) is 0 Å². The van der Waals surface area contributed by atoms with E-state index in [1.165, 1.54) is 0 Å². The fourth-order valence-electron chi connectivity index (χ4n) is 2.06. The number of nitrogens with one attached hydrogen (secondary N) is 2. The van der Waals surface area contributed by atoms with Crippen LogP contribution in [0.3, 0.4) is 0 Å². The van der Waals surface area contributed by atoms with Gasteiger partial charge in [-0.15, -0.1) is 0 Å². The third-order valence-electron chi connectivity index (χ3n) is 3.16. The van der Waals surface area contributed by atoms with Crippen molar-refractivity contribution in [1.29, 1.82) is 0 Å². The molecule has 0 unspecified atom stereocenters. The van der Waals surface area contributed by atoms with E-state index in [0.717, 1.165) is 30.8 Å². The first-order chi connectivity index (χ1) is 9.70. The molecule has 0 saturated carbocycles. The number of anilines is 1. The molecule has 0 bridgehead atoms. The van der Waals surface area contributed by atoms with Crippen molar-refractivity contribution in [2.45, 2.75) is 19.4 Å². The molecule has 0 aromatic heterocycles. The summed E-state index contributed by atoms with van der Waals surface area (Å²) >= 11 is 4.02. The van der Waals surface area contributed by atoms with Gasteiger partial charge in [-0.25, -0.2) is 4.79 Å². The maximum Gasteiger partial charge on any atom is 0.321 e. The molecule has 0 spiro atoms. The number of carbonyl (C=O) groups is 2. The lowest BCUT2D eigenvalue weighted by molar-refractivity contribution is -0.120. The van der Waals surface area contributed by atoms with Crippen molar-refractivity contribution in [3.05, 3.63) is 29.8 Å². The summed E-state index contributed by atoms with van der Waals surface area (Å²) in [4.78, 5) is 24.8. The number of hydrogen-bond donors (Lipinski definition) is 3. The van der Waals surface area contributed by atoms with Gasteiger partial charge >= 0.3 is 6.03 Å². The Morgan fingerprint density at radius 2 is 2.10 bits per heavy atom. The minimum absolute atomic E-state index is 0.000477. The fraction of sp³-hybridized carbons (Fsp3) is 0.429. The van der Waals surface area contributed by atoms with E-state index in [-0.39, 0.29) is 11.9 Å². The number of thiol groups is 1. The monoisotopic (exact) mass is 293 g/mol. The zero-order valence-corrected chi connectivity index (χ0v) is 12.2. The third-order valence-corrected chi connectivity index (χ3v) is 3.38. The summed E-state index contributed by atoms with van der Waals surface area (Å²) in [5, 5.41) is 5.65. The van der Waals surface area contributed by atoms with Crippen LogP contribution in [0.15, 0.2) is 24.3 Å². The number of benzene rings is 1. The van der Waals surface area contributed by atoms with Gasteiger partial charge in [-0.2, -0.15) is 12.6 Å². The molecule has 1 aliphatic heterocycles. The minimum atomic E-state index is -0.0499. The lowest BCUT2D eigenvalue weighted by Gasteiger charge is -2.27. The van der Waals surface area contributed by atoms with Crippen LogP contribution >= 0.6 is 12.6 Å².